The lowest BCUT2D eigenvalue weighted by Gasteiger charge is -2.52. The van der Waals surface area contributed by atoms with Gasteiger partial charge in [0.05, 0.1) is 0 Å². The third-order valence-corrected chi connectivity index (χ3v) is 7.65. The molecule has 0 saturated carbocycles. The number of hydrogen-bond donors (Lipinski definition) is 1. The van der Waals surface area contributed by atoms with Crippen molar-refractivity contribution in [3.05, 3.63) is 0 Å². The minimum Gasteiger partial charge on any atom is -0.313 e. The molecule has 0 bridgehead atoms. The Morgan fingerprint density at radius 3 is 1.00 bits per heavy atom. The van der Waals surface area contributed by atoms with Crippen LogP contribution in [0.4, 0.5) is 0 Å². The first-order valence-electron chi connectivity index (χ1n) is 15.1. The second kappa shape index (κ2) is 20.1. The molecule has 4 nitrogen and oxygen atoms in total. The van der Waals surface area contributed by atoms with Crippen LogP contribution in [0.1, 0.15) is 119 Å². The molecule has 4 heteroatoms. The van der Waals surface area contributed by atoms with Crippen LogP contribution < -0.4 is 5.32 Å². The highest BCUT2D eigenvalue weighted by Crippen LogP contribution is 2.25. The Hall–Kier alpha value is -0.160. The van der Waals surface area contributed by atoms with Crippen LogP contribution in [0.15, 0.2) is 0 Å². The highest BCUT2D eigenvalue weighted by molar-refractivity contribution is 5.01. The van der Waals surface area contributed by atoms with Crippen molar-refractivity contribution >= 4 is 0 Å². The number of hydrogen-bond acceptors (Lipinski definition) is 4. The van der Waals surface area contributed by atoms with E-state index in [1.165, 1.54) is 129 Å². The van der Waals surface area contributed by atoms with Gasteiger partial charge in [-0.1, -0.05) is 80.1 Å². The summed E-state index contributed by atoms with van der Waals surface area (Å²) in [6.07, 6.45) is 15.8. The van der Waals surface area contributed by atoms with Gasteiger partial charge in [-0.25, -0.2) is 0 Å². The van der Waals surface area contributed by atoms with Crippen molar-refractivity contribution in [3.8, 4) is 0 Å². The summed E-state index contributed by atoms with van der Waals surface area (Å²) in [6.45, 7) is 24.1. The van der Waals surface area contributed by atoms with Crippen LogP contribution in [0.25, 0.3) is 0 Å². The van der Waals surface area contributed by atoms with Gasteiger partial charge in [-0.2, -0.15) is 0 Å². The third kappa shape index (κ3) is 11.4. The number of nitrogens with zero attached hydrogens (tertiary/aromatic N) is 3. The van der Waals surface area contributed by atoms with E-state index in [9.17, 15) is 0 Å². The Morgan fingerprint density at radius 1 is 0.455 bits per heavy atom. The summed E-state index contributed by atoms with van der Waals surface area (Å²) >= 11 is 0. The maximum absolute atomic E-state index is 3.94. The molecule has 0 aromatic carbocycles. The fraction of sp³-hybridized carbons (Fsp3) is 1.00. The van der Waals surface area contributed by atoms with E-state index in [0.717, 1.165) is 0 Å². The molecule has 0 aromatic heterocycles. The average Bonchev–Trinajstić information content (AvgIpc) is 2.84. The first kappa shape index (κ1) is 30.9. The van der Waals surface area contributed by atoms with Gasteiger partial charge in [-0.05, 0) is 77.8 Å². The molecule has 1 N–H and O–H groups in total. The summed E-state index contributed by atoms with van der Waals surface area (Å²) in [4.78, 5) is 8.76. The standard InChI is InChI=1S/C29H62N4/c1-7-13-19-31(20-14-8-2)27-25-30-26-28(32(21-15-9-3)22-16-10-4)29(27)33(23-17-11-5)24-18-12-6/h27-30H,7-26H2,1-6H3. The van der Waals surface area contributed by atoms with Crippen LogP contribution in [0.3, 0.4) is 0 Å². The topological polar surface area (TPSA) is 21.8 Å². The monoisotopic (exact) mass is 466 g/mol. The fourth-order valence-corrected chi connectivity index (χ4v) is 5.52. The predicted octanol–water partition coefficient (Wildman–Crippen LogP) is 6.40. The van der Waals surface area contributed by atoms with E-state index >= 15 is 0 Å². The maximum atomic E-state index is 3.94. The number of unbranched alkanes of at least 4 members (excludes halogenated alkanes) is 6. The summed E-state index contributed by atoms with van der Waals surface area (Å²) in [5, 5.41) is 3.94. The van der Waals surface area contributed by atoms with Gasteiger partial charge in [-0.15, -0.1) is 0 Å². The van der Waals surface area contributed by atoms with E-state index < -0.39 is 0 Å². The average molecular weight is 467 g/mol. The van der Waals surface area contributed by atoms with Crippen LogP contribution in [0.5, 0.6) is 0 Å². The Balaban J connectivity index is 3.29. The normalized spacial score (nSPS) is 21.5. The Bertz CT molecular complexity index is 378. The van der Waals surface area contributed by atoms with Crippen molar-refractivity contribution < 1.29 is 0 Å². The lowest BCUT2D eigenvalue weighted by atomic mass is 9.89. The zero-order valence-electron chi connectivity index (χ0n) is 23.7. The lowest BCUT2D eigenvalue weighted by molar-refractivity contribution is -0.00916. The smallest absolute Gasteiger partial charge is 0.0431 e. The Kier molecular flexibility index (Phi) is 18.8. The molecule has 1 heterocycles. The van der Waals surface area contributed by atoms with Crippen LogP contribution in [-0.4, -0.2) is 85.2 Å². The molecule has 0 aliphatic carbocycles. The number of nitrogens with one attached hydrogen (secondary N) is 1. The molecule has 198 valence electrons. The second-order valence-electron chi connectivity index (χ2n) is 10.5. The summed E-state index contributed by atoms with van der Waals surface area (Å²) in [7, 11) is 0. The van der Waals surface area contributed by atoms with Crippen LogP contribution in [0.2, 0.25) is 0 Å². The van der Waals surface area contributed by atoms with Gasteiger partial charge < -0.3 is 5.32 Å². The lowest BCUT2D eigenvalue weighted by Crippen LogP contribution is -2.70. The molecule has 0 amide bonds. The Morgan fingerprint density at radius 2 is 0.727 bits per heavy atom. The summed E-state index contributed by atoms with van der Waals surface area (Å²) in [5.74, 6) is 0. The van der Waals surface area contributed by atoms with Crippen molar-refractivity contribution in [1.82, 2.24) is 20.0 Å². The van der Waals surface area contributed by atoms with E-state index in [0.29, 0.717) is 18.1 Å². The highest BCUT2D eigenvalue weighted by atomic mass is 15.3. The molecule has 1 saturated heterocycles. The molecule has 1 aliphatic rings. The van der Waals surface area contributed by atoms with Gasteiger partial charge in [0, 0.05) is 31.2 Å². The summed E-state index contributed by atoms with van der Waals surface area (Å²) in [6, 6.07) is 1.94. The molecule has 1 aliphatic heterocycles. The fourth-order valence-electron chi connectivity index (χ4n) is 5.52. The van der Waals surface area contributed by atoms with E-state index in [4.69, 9.17) is 0 Å². The van der Waals surface area contributed by atoms with Crippen molar-refractivity contribution in [1.29, 1.82) is 0 Å². The molecule has 0 aromatic rings. The van der Waals surface area contributed by atoms with E-state index in [1.54, 1.807) is 0 Å². The summed E-state index contributed by atoms with van der Waals surface area (Å²) < 4.78 is 0. The molecular weight excluding hydrogens is 404 g/mol. The second-order valence-corrected chi connectivity index (χ2v) is 10.5. The molecule has 33 heavy (non-hydrogen) atoms. The molecule has 0 radical (unpaired) electrons. The molecule has 2 unspecified atom stereocenters. The number of rotatable bonds is 21. The van der Waals surface area contributed by atoms with Crippen molar-refractivity contribution in [3.63, 3.8) is 0 Å². The van der Waals surface area contributed by atoms with Crippen molar-refractivity contribution in [2.24, 2.45) is 0 Å². The quantitative estimate of drug-likeness (QED) is 0.211. The first-order valence-corrected chi connectivity index (χ1v) is 15.1. The van der Waals surface area contributed by atoms with Crippen molar-refractivity contribution in [2.75, 3.05) is 52.4 Å². The van der Waals surface area contributed by atoms with Gasteiger partial charge in [-0.3, -0.25) is 14.7 Å². The van der Waals surface area contributed by atoms with E-state index in [-0.39, 0.29) is 0 Å². The molecule has 0 spiro atoms. The van der Waals surface area contributed by atoms with Gasteiger partial charge in [0.25, 0.3) is 0 Å². The van der Waals surface area contributed by atoms with Gasteiger partial charge >= 0.3 is 0 Å². The van der Waals surface area contributed by atoms with Crippen LogP contribution in [-0.2, 0) is 0 Å². The van der Waals surface area contributed by atoms with E-state index in [1.807, 2.05) is 0 Å². The zero-order chi connectivity index (χ0) is 24.3. The van der Waals surface area contributed by atoms with Gasteiger partial charge in [0.15, 0.2) is 0 Å². The minimum absolute atomic E-state index is 0.640. The zero-order valence-corrected chi connectivity index (χ0v) is 23.7. The summed E-state index contributed by atoms with van der Waals surface area (Å²) in [5.41, 5.74) is 0. The van der Waals surface area contributed by atoms with Gasteiger partial charge in [0.1, 0.15) is 0 Å². The van der Waals surface area contributed by atoms with Crippen molar-refractivity contribution in [2.45, 2.75) is 137 Å². The molecule has 1 fully saturated rings. The third-order valence-electron chi connectivity index (χ3n) is 7.65. The van der Waals surface area contributed by atoms with Crippen LogP contribution >= 0.6 is 0 Å². The minimum atomic E-state index is 0.640. The SMILES string of the molecule is CCCCN(CCCC)C1CNCC(N(CCCC)CCCC)C1N(CCCC)CCCC. The van der Waals surface area contributed by atoms with Crippen LogP contribution in [0, 0.1) is 0 Å². The number of piperidine rings is 1. The Labute approximate surface area is 209 Å². The predicted molar refractivity (Wildman–Crippen MR) is 148 cm³/mol. The van der Waals surface area contributed by atoms with Gasteiger partial charge in [0.2, 0.25) is 0 Å². The van der Waals surface area contributed by atoms with E-state index in [2.05, 4.69) is 61.6 Å². The molecule has 1 rings (SSSR count). The largest absolute Gasteiger partial charge is 0.313 e. The highest BCUT2D eigenvalue weighted by Gasteiger charge is 2.41. The first-order chi connectivity index (χ1) is 16.2. The molecular formula is C29H62N4. The maximum Gasteiger partial charge on any atom is 0.0431 e. The molecule has 2 atom stereocenters.